The van der Waals surface area contributed by atoms with E-state index in [2.05, 4.69) is 37.6 Å². The fourth-order valence-electron chi connectivity index (χ4n) is 1.60. The van der Waals surface area contributed by atoms with Gasteiger partial charge in [0, 0.05) is 0 Å². The number of hydrazine groups is 1. The van der Waals surface area contributed by atoms with Gasteiger partial charge in [0.1, 0.15) is 11.5 Å². The Morgan fingerprint density at radius 2 is 1.81 bits per heavy atom. The summed E-state index contributed by atoms with van der Waals surface area (Å²) in [5, 5.41) is 2.86. The first-order chi connectivity index (χ1) is 7.50. The minimum atomic E-state index is -0.449. The van der Waals surface area contributed by atoms with Gasteiger partial charge in [-0.05, 0) is 30.2 Å². The molecule has 1 aromatic rings. The van der Waals surface area contributed by atoms with Crippen LogP contribution in [0.5, 0.6) is 11.5 Å². The van der Waals surface area contributed by atoms with E-state index in [1.54, 1.807) is 7.05 Å². The SMILES string of the molecule is CNNB1Oc2ccc(C(C)(C)C)cc2O1. The summed E-state index contributed by atoms with van der Waals surface area (Å²) in [5.74, 6) is 1.57. The molecular weight excluding hydrogens is 203 g/mol. The summed E-state index contributed by atoms with van der Waals surface area (Å²) in [6, 6.07) is 6.06. The van der Waals surface area contributed by atoms with E-state index in [0.717, 1.165) is 11.5 Å². The average molecular weight is 220 g/mol. The second-order valence-corrected chi connectivity index (χ2v) is 4.87. The number of rotatable bonds is 2. The zero-order valence-corrected chi connectivity index (χ0v) is 10.1. The van der Waals surface area contributed by atoms with Crippen LogP contribution in [0.15, 0.2) is 18.2 Å². The summed E-state index contributed by atoms with van der Waals surface area (Å²) in [6.45, 7) is 6.52. The Kier molecular flexibility index (Phi) is 2.82. The number of fused-ring (bicyclic) bond motifs is 1. The molecule has 0 atom stereocenters. The van der Waals surface area contributed by atoms with Crippen molar-refractivity contribution < 1.29 is 9.31 Å². The number of benzene rings is 1. The number of nitrogens with one attached hydrogen (secondary N) is 2. The van der Waals surface area contributed by atoms with Gasteiger partial charge in [-0.1, -0.05) is 26.8 Å². The normalized spacial score (nSPS) is 14.4. The van der Waals surface area contributed by atoms with Crippen LogP contribution < -0.4 is 20.1 Å². The van der Waals surface area contributed by atoms with Gasteiger partial charge in [0.15, 0.2) is 0 Å². The topological polar surface area (TPSA) is 42.5 Å². The first kappa shape index (κ1) is 11.3. The van der Waals surface area contributed by atoms with Gasteiger partial charge in [-0.25, -0.2) is 5.34 Å². The maximum absolute atomic E-state index is 5.59. The molecule has 0 aromatic heterocycles. The zero-order chi connectivity index (χ0) is 11.8. The van der Waals surface area contributed by atoms with Crippen LogP contribution in [-0.2, 0) is 5.41 Å². The summed E-state index contributed by atoms with van der Waals surface area (Å²) in [5.41, 5.74) is 4.14. The van der Waals surface area contributed by atoms with E-state index in [0.29, 0.717) is 0 Å². The molecule has 16 heavy (non-hydrogen) atoms. The molecule has 86 valence electrons. The molecule has 2 rings (SSSR count). The molecule has 0 spiro atoms. The monoisotopic (exact) mass is 220 g/mol. The van der Waals surface area contributed by atoms with Gasteiger partial charge in [-0.15, -0.1) is 0 Å². The Morgan fingerprint density at radius 3 is 2.44 bits per heavy atom. The van der Waals surface area contributed by atoms with E-state index in [1.807, 2.05) is 12.1 Å². The molecule has 0 unspecified atom stereocenters. The molecular formula is C11H17BN2O2. The molecule has 0 saturated carbocycles. The largest absolute Gasteiger partial charge is 0.713 e. The lowest BCUT2D eigenvalue weighted by atomic mass is 9.87. The highest BCUT2D eigenvalue weighted by atomic mass is 16.6. The van der Waals surface area contributed by atoms with Gasteiger partial charge < -0.3 is 9.31 Å². The molecule has 0 fully saturated rings. The van der Waals surface area contributed by atoms with Crippen LogP contribution in [0.2, 0.25) is 0 Å². The molecule has 5 heteroatoms. The molecule has 1 aromatic carbocycles. The Morgan fingerprint density at radius 1 is 1.12 bits per heavy atom. The highest BCUT2D eigenvalue weighted by molar-refractivity contribution is 6.44. The molecule has 0 radical (unpaired) electrons. The van der Waals surface area contributed by atoms with E-state index >= 15 is 0 Å². The van der Waals surface area contributed by atoms with Crippen molar-refractivity contribution in [2.24, 2.45) is 0 Å². The van der Waals surface area contributed by atoms with Gasteiger partial charge >= 0.3 is 7.25 Å². The zero-order valence-electron chi connectivity index (χ0n) is 10.1. The maximum atomic E-state index is 5.59. The highest BCUT2D eigenvalue weighted by Gasteiger charge is 2.33. The standard InChI is InChI=1S/C11H17BN2O2/c1-11(2,3)8-5-6-9-10(7-8)16-12(15-9)14-13-4/h5-7,13-14H,1-4H3. The van der Waals surface area contributed by atoms with Crippen molar-refractivity contribution in [2.75, 3.05) is 7.05 Å². The minimum Gasteiger partial charge on any atom is -0.508 e. The van der Waals surface area contributed by atoms with E-state index < -0.39 is 7.25 Å². The van der Waals surface area contributed by atoms with Crippen LogP contribution in [0.1, 0.15) is 26.3 Å². The third kappa shape index (κ3) is 2.15. The quantitative estimate of drug-likeness (QED) is 0.585. The molecule has 4 nitrogen and oxygen atoms in total. The fraction of sp³-hybridized carbons (Fsp3) is 0.455. The summed E-state index contributed by atoms with van der Waals surface area (Å²) in [6.07, 6.45) is 0. The lowest BCUT2D eigenvalue weighted by Crippen LogP contribution is -2.48. The van der Waals surface area contributed by atoms with Crippen LogP contribution >= 0.6 is 0 Å². The van der Waals surface area contributed by atoms with E-state index in [-0.39, 0.29) is 5.41 Å². The maximum Gasteiger partial charge on any atom is 0.713 e. The van der Waals surface area contributed by atoms with Gasteiger partial charge in [0.25, 0.3) is 0 Å². The van der Waals surface area contributed by atoms with Crippen molar-refractivity contribution in [3.8, 4) is 11.5 Å². The Balaban J connectivity index is 2.21. The summed E-state index contributed by atoms with van der Waals surface area (Å²) in [4.78, 5) is 0. The summed E-state index contributed by atoms with van der Waals surface area (Å²) < 4.78 is 11.1. The van der Waals surface area contributed by atoms with E-state index in [4.69, 9.17) is 9.31 Å². The molecule has 0 amide bonds. The van der Waals surface area contributed by atoms with Crippen LogP contribution in [0, 0.1) is 0 Å². The number of hydrogen-bond acceptors (Lipinski definition) is 4. The third-order valence-electron chi connectivity index (χ3n) is 2.54. The second kappa shape index (κ2) is 3.99. The predicted octanol–water partition coefficient (Wildman–Crippen LogP) is 1.46. The summed E-state index contributed by atoms with van der Waals surface area (Å²) in [7, 11) is 1.33. The minimum absolute atomic E-state index is 0.118. The molecule has 1 heterocycles. The molecule has 1 aliphatic heterocycles. The second-order valence-electron chi connectivity index (χ2n) is 4.87. The molecule has 0 bridgehead atoms. The Hall–Kier alpha value is -1.20. The van der Waals surface area contributed by atoms with Crippen LogP contribution in [0.4, 0.5) is 0 Å². The van der Waals surface area contributed by atoms with Gasteiger partial charge in [-0.3, -0.25) is 5.43 Å². The van der Waals surface area contributed by atoms with Gasteiger partial charge in [0.05, 0.1) is 0 Å². The van der Waals surface area contributed by atoms with Crippen molar-refractivity contribution in [3.05, 3.63) is 23.8 Å². The smallest absolute Gasteiger partial charge is 0.508 e. The average Bonchev–Trinajstić information content (AvgIpc) is 2.57. The first-order valence-electron chi connectivity index (χ1n) is 5.41. The molecule has 0 aliphatic carbocycles. The lowest BCUT2D eigenvalue weighted by molar-refractivity contribution is 0.458. The number of hydrogen-bond donors (Lipinski definition) is 2. The van der Waals surface area contributed by atoms with Crippen LogP contribution in [-0.4, -0.2) is 14.3 Å². The fourth-order valence-corrected chi connectivity index (χ4v) is 1.60. The van der Waals surface area contributed by atoms with Crippen LogP contribution in [0.25, 0.3) is 0 Å². The van der Waals surface area contributed by atoms with Crippen molar-refractivity contribution >= 4 is 7.25 Å². The molecule has 0 saturated heterocycles. The predicted molar refractivity (Wildman–Crippen MR) is 64.3 cm³/mol. The summed E-state index contributed by atoms with van der Waals surface area (Å²) >= 11 is 0. The van der Waals surface area contributed by atoms with E-state index in [1.165, 1.54) is 5.56 Å². The molecule has 1 aliphatic rings. The van der Waals surface area contributed by atoms with Crippen molar-refractivity contribution in [1.29, 1.82) is 0 Å². The molecule has 2 N–H and O–H groups in total. The Labute approximate surface area is 96.5 Å². The van der Waals surface area contributed by atoms with Gasteiger partial charge in [-0.2, -0.15) is 0 Å². The van der Waals surface area contributed by atoms with Crippen molar-refractivity contribution in [1.82, 2.24) is 10.8 Å². The van der Waals surface area contributed by atoms with Crippen molar-refractivity contribution in [3.63, 3.8) is 0 Å². The third-order valence-corrected chi connectivity index (χ3v) is 2.54. The first-order valence-corrected chi connectivity index (χ1v) is 5.41. The Bertz CT molecular complexity index is 390. The van der Waals surface area contributed by atoms with Crippen molar-refractivity contribution in [2.45, 2.75) is 26.2 Å². The van der Waals surface area contributed by atoms with Crippen LogP contribution in [0.3, 0.4) is 0 Å². The highest BCUT2D eigenvalue weighted by Crippen LogP contribution is 2.36. The van der Waals surface area contributed by atoms with Gasteiger partial charge in [0.2, 0.25) is 0 Å². The van der Waals surface area contributed by atoms with E-state index in [9.17, 15) is 0 Å². The lowest BCUT2D eigenvalue weighted by Gasteiger charge is -2.19.